The molecule has 3 atom stereocenters. The minimum Gasteiger partial charge on any atom is -0.464 e. The molecule has 1 aromatic carbocycles. The van der Waals surface area contributed by atoms with Gasteiger partial charge in [-0.05, 0) is 44.7 Å². The van der Waals surface area contributed by atoms with Gasteiger partial charge >= 0.3 is 12.1 Å². The minimum atomic E-state index is -1.36. The quantitative estimate of drug-likeness (QED) is 0.279. The molecule has 9 heteroatoms. The van der Waals surface area contributed by atoms with E-state index >= 15 is 0 Å². The molecule has 1 aliphatic rings. The first-order valence-electron chi connectivity index (χ1n) is 13.7. The summed E-state index contributed by atoms with van der Waals surface area (Å²) in [5, 5.41) is 0. The van der Waals surface area contributed by atoms with E-state index in [0.717, 1.165) is 11.6 Å². The third kappa shape index (κ3) is 9.73. The summed E-state index contributed by atoms with van der Waals surface area (Å²) < 4.78 is 17.3. The Morgan fingerprint density at radius 3 is 2.29 bits per heavy atom. The van der Waals surface area contributed by atoms with E-state index in [-0.39, 0.29) is 24.4 Å². The van der Waals surface area contributed by atoms with Gasteiger partial charge in [0.1, 0.15) is 11.6 Å². The number of ether oxygens (including phenoxy) is 3. The Kier molecular flexibility index (Phi) is 11.4. The summed E-state index contributed by atoms with van der Waals surface area (Å²) in [7, 11) is 0.298. The zero-order valence-corrected chi connectivity index (χ0v) is 25.8. The molecule has 0 aliphatic carbocycles. The van der Waals surface area contributed by atoms with Crippen LogP contribution < -0.4 is 0 Å². The smallest absolute Gasteiger partial charge is 0.410 e. The van der Waals surface area contributed by atoms with Gasteiger partial charge in [-0.15, -0.1) is 0 Å². The number of likely N-dealkylation sites (tertiary alicyclic amines) is 1. The first-order valence-corrected chi connectivity index (χ1v) is 17.4. The lowest BCUT2D eigenvalue weighted by atomic mass is 9.96. The number of hydrogen-bond acceptors (Lipinski definition) is 6. The van der Waals surface area contributed by atoms with Gasteiger partial charge in [0.05, 0.1) is 31.8 Å². The van der Waals surface area contributed by atoms with Crippen LogP contribution in [0.2, 0.25) is 25.7 Å². The molecule has 1 fully saturated rings. The maximum atomic E-state index is 13.8. The van der Waals surface area contributed by atoms with Gasteiger partial charge < -0.3 is 24.0 Å². The van der Waals surface area contributed by atoms with Crippen molar-refractivity contribution < 1.29 is 28.6 Å². The average molecular weight is 549 g/mol. The Morgan fingerprint density at radius 2 is 1.74 bits per heavy atom. The van der Waals surface area contributed by atoms with Crippen molar-refractivity contribution in [2.75, 3.05) is 26.8 Å². The maximum absolute atomic E-state index is 13.8. The van der Waals surface area contributed by atoms with E-state index < -0.39 is 37.8 Å². The van der Waals surface area contributed by atoms with Crippen LogP contribution in [0.3, 0.4) is 0 Å². The molecular weight excluding hydrogens is 500 g/mol. The summed E-state index contributed by atoms with van der Waals surface area (Å²) in [6.07, 6.45) is 0.00648. The second-order valence-electron chi connectivity index (χ2n) is 12.8. The summed E-state index contributed by atoms with van der Waals surface area (Å²) in [6, 6.07) is 9.43. The van der Waals surface area contributed by atoms with Gasteiger partial charge in [-0.1, -0.05) is 63.8 Å². The summed E-state index contributed by atoms with van der Waals surface area (Å²) in [5.74, 6) is -1.21. The highest BCUT2D eigenvalue weighted by atomic mass is 28.3. The number of likely N-dealkylation sites (N-methyl/N-ethyl adjacent to an activating group) is 1. The third-order valence-corrected chi connectivity index (χ3v) is 8.33. The van der Waals surface area contributed by atoms with Crippen LogP contribution in [-0.4, -0.2) is 80.3 Å². The molecule has 38 heavy (non-hydrogen) atoms. The lowest BCUT2D eigenvalue weighted by molar-refractivity contribution is -0.157. The maximum Gasteiger partial charge on any atom is 0.410 e. The topological polar surface area (TPSA) is 85.4 Å². The van der Waals surface area contributed by atoms with Crippen LogP contribution in [0, 0.1) is 11.8 Å². The van der Waals surface area contributed by atoms with E-state index in [1.807, 2.05) is 65.0 Å². The predicted molar refractivity (Wildman–Crippen MR) is 151 cm³/mol. The van der Waals surface area contributed by atoms with E-state index in [2.05, 4.69) is 19.6 Å². The Labute approximate surface area is 230 Å². The van der Waals surface area contributed by atoms with Crippen LogP contribution in [0.1, 0.15) is 46.6 Å². The monoisotopic (exact) mass is 548 g/mol. The van der Waals surface area contributed by atoms with E-state index in [1.165, 1.54) is 4.90 Å². The van der Waals surface area contributed by atoms with Gasteiger partial charge in [0.15, 0.2) is 0 Å². The SMILES string of the molecule is CC(C)[C@@H](C(=O)OCC[Si](C)(C)C)N(C)C(=O)[C@H]1CCN(C(=O)OC(C)(C)C)[C@@H]1COCc1ccccc1. The fourth-order valence-electron chi connectivity index (χ4n) is 4.59. The second kappa shape index (κ2) is 13.6. The molecule has 0 aromatic heterocycles. The number of carbonyl (C=O) groups is 3. The molecule has 0 radical (unpaired) electrons. The van der Waals surface area contributed by atoms with E-state index in [0.29, 0.717) is 26.2 Å². The van der Waals surface area contributed by atoms with Crippen LogP contribution in [0.5, 0.6) is 0 Å². The van der Waals surface area contributed by atoms with Crippen LogP contribution in [-0.2, 0) is 30.4 Å². The van der Waals surface area contributed by atoms with Crippen molar-refractivity contribution >= 4 is 26.0 Å². The summed E-state index contributed by atoms with van der Waals surface area (Å²) in [4.78, 5) is 43.0. The van der Waals surface area contributed by atoms with Crippen molar-refractivity contribution in [1.82, 2.24) is 9.80 Å². The molecule has 0 bridgehead atoms. The van der Waals surface area contributed by atoms with Gasteiger partial charge in [0.2, 0.25) is 5.91 Å². The Hall–Kier alpha value is -2.39. The minimum absolute atomic E-state index is 0.125. The highest BCUT2D eigenvalue weighted by Gasteiger charge is 2.45. The number of rotatable bonds is 11. The summed E-state index contributed by atoms with van der Waals surface area (Å²) >= 11 is 0. The molecule has 214 valence electrons. The number of nitrogens with zero attached hydrogens (tertiary/aromatic N) is 2. The Bertz CT molecular complexity index is 925. The van der Waals surface area contributed by atoms with Crippen LogP contribution in [0.15, 0.2) is 30.3 Å². The standard InChI is InChI=1S/C29H48N2O6Si/c1-21(2)25(27(33)36-17-18-38(7,8)9)30(6)26(32)23-15-16-31(28(34)37-29(3,4)5)24(23)20-35-19-22-13-11-10-12-14-22/h10-14,21,23-25H,15-20H2,1-9H3/t23-,24+,25-/m0/s1. The Morgan fingerprint density at radius 1 is 1.11 bits per heavy atom. The normalized spacial score (nSPS) is 18.8. The van der Waals surface area contributed by atoms with Crippen molar-refractivity contribution in [2.45, 2.75) is 91.0 Å². The Balaban J connectivity index is 2.18. The lowest BCUT2D eigenvalue weighted by Crippen LogP contribution is -2.52. The molecule has 1 aliphatic heterocycles. The van der Waals surface area contributed by atoms with Gasteiger partial charge in [0, 0.05) is 21.7 Å². The van der Waals surface area contributed by atoms with E-state index in [1.54, 1.807) is 11.9 Å². The largest absolute Gasteiger partial charge is 0.464 e. The van der Waals surface area contributed by atoms with Crippen molar-refractivity contribution in [2.24, 2.45) is 11.8 Å². The molecule has 1 saturated heterocycles. The van der Waals surface area contributed by atoms with Crippen molar-refractivity contribution in [3.05, 3.63) is 35.9 Å². The van der Waals surface area contributed by atoms with Crippen molar-refractivity contribution in [1.29, 1.82) is 0 Å². The number of amides is 2. The van der Waals surface area contributed by atoms with E-state index in [4.69, 9.17) is 14.2 Å². The van der Waals surface area contributed by atoms with Gasteiger partial charge in [-0.2, -0.15) is 0 Å². The van der Waals surface area contributed by atoms with E-state index in [9.17, 15) is 14.4 Å². The third-order valence-electron chi connectivity index (χ3n) is 6.63. The first-order chi connectivity index (χ1) is 17.6. The molecule has 0 unspecified atom stereocenters. The summed E-state index contributed by atoms with van der Waals surface area (Å²) in [6.45, 7) is 17.3. The molecule has 1 aromatic rings. The molecule has 1 heterocycles. The number of hydrogen-bond donors (Lipinski definition) is 0. The average Bonchev–Trinajstić information content (AvgIpc) is 3.21. The molecule has 0 N–H and O–H groups in total. The lowest BCUT2D eigenvalue weighted by Gasteiger charge is -2.34. The van der Waals surface area contributed by atoms with Crippen LogP contribution >= 0.6 is 0 Å². The van der Waals surface area contributed by atoms with Crippen LogP contribution in [0.4, 0.5) is 4.79 Å². The fraction of sp³-hybridized carbons (Fsp3) is 0.690. The highest BCUT2D eigenvalue weighted by molar-refractivity contribution is 6.76. The molecule has 2 rings (SSSR count). The number of benzene rings is 1. The fourth-order valence-corrected chi connectivity index (χ4v) is 5.30. The number of carbonyl (C=O) groups excluding carboxylic acids is 3. The molecule has 0 spiro atoms. The van der Waals surface area contributed by atoms with Gasteiger partial charge in [-0.25, -0.2) is 9.59 Å². The summed E-state index contributed by atoms with van der Waals surface area (Å²) in [5.41, 5.74) is 0.351. The first kappa shape index (κ1) is 31.8. The zero-order valence-electron chi connectivity index (χ0n) is 24.8. The van der Waals surface area contributed by atoms with Crippen LogP contribution in [0.25, 0.3) is 0 Å². The van der Waals surface area contributed by atoms with Crippen molar-refractivity contribution in [3.63, 3.8) is 0 Å². The molecule has 2 amide bonds. The van der Waals surface area contributed by atoms with Crippen molar-refractivity contribution in [3.8, 4) is 0 Å². The molecular formula is C29H48N2O6Si. The zero-order chi connectivity index (χ0) is 28.7. The predicted octanol–water partition coefficient (Wildman–Crippen LogP) is 5.19. The molecule has 8 nitrogen and oxygen atoms in total. The number of esters is 1. The highest BCUT2D eigenvalue weighted by Crippen LogP contribution is 2.30. The van der Waals surface area contributed by atoms with Gasteiger partial charge in [-0.3, -0.25) is 4.79 Å². The second-order valence-corrected chi connectivity index (χ2v) is 18.4. The van der Waals surface area contributed by atoms with Gasteiger partial charge in [0.25, 0.3) is 0 Å². The molecule has 0 saturated carbocycles.